The zero-order chi connectivity index (χ0) is 12.5. The molecule has 1 fully saturated rings. The van der Waals surface area contributed by atoms with Gasteiger partial charge in [0.05, 0.1) is 0 Å². The smallest absolute Gasteiger partial charge is 0.131 e. The summed E-state index contributed by atoms with van der Waals surface area (Å²) >= 11 is 6.01. The van der Waals surface area contributed by atoms with Crippen LogP contribution in [0.15, 0.2) is 18.3 Å². The topological polar surface area (TPSA) is 24.9 Å². The number of hydrogen-bond acceptors (Lipinski definition) is 2. The molecule has 0 bridgehead atoms. The van der Waals surface area contributed by atoms with Gasteiger partial charge in [-0.15, -0.1) is 0 Å². The molecule has 0 spiro atoms. The molecule has 0 saturated carbocycles. The van der Waals surface area contributed by atoms with Crippen molar-refractivity contribution in [3.05, 3.63) is 34.6 Å². The minimum Gasteiger partial charge on any atom is -0.316 e. The molecule has 1 aromatic rings. The SMILES string of the molecule is Cc1cc(C2=CCC[C@@H]3CCNC[C@H]23)cnc1Cl. The number of rotatable bonds is 1. The summed E-state index contributed by atoms with van der Waals surface area (Å²) in [5, 5.41) is 4.14. The van der Waals surface area contributed by atoms with Crippen molar-refractivity contribution >= 4 is 17.2 Å². The summed E-state index contributed by atoms with van der Waals surface area (Å²) in [6.07, 6.45) is 8.19. The van der Waals surface area contributed by atoms with Crippen molar-refractivity contribution in [3.63, 3.8) is 0 Å². The lowest BCUT2D eigenvalue weighted by Crippen LogP contribution is -2.38. The van der Waals surface area contributed by atoms with E-state index in [1.165, 1.54) is 36.9 Å². The van der Waals surface area contributed by atoms with Gasteiger partial charge in [0, 0.05) is 12.7 Å². The van der Waals surface area contributed by atoms with Gasteiger partial charge in [-0.2, -0.15) is 0 Å². The highest BCUT2D eigenvalue weighted by molar-refractivity contribution is 6.30. The van der Waals surface area contributed by atoms with Crippen LogP contribution < -0.4 is 5.32 Å². The Morgan fingerprint density at radius 1 is 1.39 bits per heavy atom. The molecule has 0 amide bonds. The lowest BCUT2D eigenvalue weighted by Gasteiger charge is -2.37. The average molecular weight is 263 g/mol. The molecular weight excluding hydrogens is 244 g/mol. The molecular formula is C15H19ClN2. The van der Waals surface area contributed by atoms with Gasteiger partial charge in [0.1, 0.15) is 5.15 Å². The van der Waals surface area contributed by atoms with E-state index in [0.717, 1.165) is 18.0 Å². The molecule has 96 valence electrons. The number of pyridine rings is 1. The van der Waals surface area contributed by atoms with Crippen molar-refractivity contribution in [2.24, 2.45) is 11.8 Å². The van der Waals surface area contributed by atoms with E-state index in [1.54, 1.807) is 0 Å². The second kappa shape index (κ2) is 5.02. The number of nitrogens with one attached hydrogen (secondary N) is 1. The fourth-order valence-electron chi connectivity index (χ4n) is 3.27. The van der Waals surface area contributed by atoms with Gasteiger partial charge in [-0.3, -0.25) is 0 Å². The first-order chi connectivity index (χ1) is 8.75. The predicted molar refractivity (Wildman–Crippen MR) is 75.7 cm³/mol. The highest BCUT2D eigenvalue weighted by atomic mass is 35.5. The number of aromatic nitrogens is 1. The van der Waals surface area contributed by atoms with Gasteiger partial charge in [0.25, 0.3) is 0 Å². The van der Waals surface area contributed by atoms with Crippen LogP contribution in [0.4, 0.5) is 0 Å². The molecule has 1 aromatic heterocycles. The van der Waals surface area contributed by atoms with Crippen LogP contribution in [0.2, 0.25) is 5.15 Å². The maximum atomic E-state index is 6.01. The molecule has 3 heteroatoms. The molecule has 1 saturated heterocycles. The van der Waals surface area contributed by atoms with Gasteiger partial charge in [-0.25, -0.2) is 4.98 Å². The quantitative estimate of drug-likeness (QED) is 0.785. The lowest BCUT2D eigenvalue weighted by molar-refractivity contribution is 0.285. The van der Waals surface area contributed by atoms with Crippen LogP contribution in [-0.2, 0) is 0 Å². The van der Waals surface area contributed by atoms with Crippen LogP contribution in [0.1, 0.15) is 30.4 Å². The van der Waals surface area contributed by atoms with E-state index in [-0.39, 0.29) is 0 Å². The number of halogens is 1. The van der Waals surface area contributed by atoms with Gasteiger partial charge in [0.15, 0.2) is 0 Å². The van der Waals surface area contributed by atoms with Gasteiger partial charge in [-0.05, 0) is 67.3 Å². The summed E-state index contributed by atoms with van der Waals surface area (Å²) in [6.45, 7) is 4.31. The molecule has 2 aliphatic rings. The molecule has 2 atom stereocenters. The van der Waals surface area contributed by atoms with E-state index in [0.29, 0.717) is 11.1 Å². The Balaban J connectivity index is 1.94. The lowest BCUT2D eigenvalue weighted by atomic mass is 9.73. The van der Waals surface area contributed by atoms with Gasteiger partial charge in [-0.1, -0.05) is 17.7 Å². The van der Waals surface area contributed by atoms with Crippen LogP contribution in [-0.4, -0.2) is 18.1 Å². The summed E-state index contributed by atoms with van der Waals surface area (Å²) in [6, 6.07) is 2.18. The summed E-state index contributed by atoms with van der Waals surface area (Å²) in [4.78, 5) is 4.30. The normalized spacial score (nSPS) is 27.6. The molecule has 3 rings (SSSR count). The largest absolute Gasteiger partial charge is 0.316 e. The molecule has 1 aliphatic heterocycles. The standard InChI is InChI=1S/C15H19ClN2/c1-10-7-12(8-18-15(10)16)13-4-2-3-11-5-6-17-9-14(11)13/h4,7-8,11,14,17H,2-3,5-6,9H2,1H3/t11-,14+/m1/s1. The number of fused-ring (bicyclic) bond motifs is 1. The number of hydrogen-bond donors (Lipinski definition) is 1. The van der Waals surface area contributed by atoms with E-state index in [1.807, 2.05) is 13.1 Å². The zero-order valence-electron chi connectivity index (χ0n) is 10.7. The van der Waals surface area contributed by atoms with E-state index >= 15 is 0 Å². The first kappa shape index (κ1) is 12.2. The minimum absolute atomic E-state index is 0.619. The predicted octanol–water partition coefficient (Wildman–Crippen LogP) is 3.45. The average Bonchev–Trinajstić information content (AvgIpc) is 2.41. The highest BCUT2D eigenvalue weighted by Gasteiger charge is 2.30. The number of nitrogens with zero attached hydrogens (tertiary/aromatic N) is 1. The Morgan fingerprint density at radius 3 is 3.11 bits per heavy atom. The van der Waals surface area contributed by atoms with Crippen LogP contribution in [0.5, 0.6) is 0 Å². The number of aryl methyl sites for hydroxylation is 1. The van der Waals surface area contributed by atoms with Crippen molar-refractivity contribution in [1.29, 1.82) is 0 Å². The van der Waals surface area contributed by atoms with Gasteiger partial charge >= 0.3 is 0 Å². The van der Waals surface area contributed by atoms with E-state index in [4.69, 9.17) is 11.6 Å². The molecule has 1 aliphatic carbocycles. The zero-order valence-corrected chi connectivity index (χ0v) is 11.5. The van der Waals surface area contributed by atoms with Gasteiger partial charge < -0.3 is 5.32 Å². The minimum atomic E-state index is 0.619. The maximum Gasteiger partial charge on any atom is 0.131 e. The molecule has 2 heterocycles. The third kappa shape index (κ3) is 2.19. The summed E-state index contributed by atoms with van der Waals surface area (Å²) in [5.74, 6) is 1.51. The summed E-state index contributed by atoms with van der Waals surface area (Å²) in [5.41, 5.74) is 3.81. The van der Waals surface area contributed by atoms with E-state index in [9.17, 15) is 0 Å². The Labute approximate surface area is 113 Å². The Morgan fingerprint density at radius 2 is 2.28 bits per heavy atom. The van der Waals surface area contributed by atoms with E-state index < -0.39 is 0 Å². The van der Waals surface area contributed by atoms with Crippen LogP contribution >= 0.6 is 11.6 Å². The molecule has 0 radical (unpaired) electrons. The molecule has 1 N–H and O–H groups in total. The maximum absolute atomic E-state index is 6.01. The first-order valence-corrected chi connectivity index (χ1v) is 7.17. The molecule has 18 heavy (non-hydrogen) atoms. The summed E-state index contributed by atoms with van der Waals surface area (Å²) < 4.78 is 0. The monoisotopic (exact) mass is 262 g/mol. The van der Waals surface area contributed by atoms with Crippen molar-refractivity contribution in [1.82, 2.24) is 10.3 Å². The highest BCUT2D eigenvalue weighted by Crippen LogP contribution is 2.39. The molecule has 2 nitrogen and oxygen atoms in total. The fourth-order valence-corrected chi connectivity index (χ4v) is 3.38. The third-order valence-corrected chi connectivity index (χ3v) is 4.67. The van der Waals surface area contributed by atoms with Gasteiger partial charge in [0.2, 0.25) is 0 Å². The van der Waals surface area contributed by atoms with Crippen molar-refractivity contribution in [3.8, 4) is 0 Å². The Kier molecular flexibility index (Phi) is 3.40. The molecule has 0 unspecified atom stereocenters. The number of allylic oxidation sites excluding steroid dienone is 1. The third-order valence-electron chi connectivity index (χ3n) is 4.27. The Hall–Kier alpha value is -0.860. The van der Waals surface area contributed by atoms with Crippen molar-refractivity contribution in [2.75, 3.05) is 13.1 Å². The van der Waals surface area contributed by atoms with Crippen LogP contribution in [0, 0.1) is 18.8 Å². The van der Waals surface area contributed by atoms with Crippen molar-refractivity contribution in [2.45, 2.75) is 26.2 Å². The second-order valence-electron chi connectivity index (χ2n) is 5.43. The van der Waals surface area contributed by atoms with Crippen molar-refractivity contribution < 1.29 is 0 Å². The van der Waals surface area contributed by atoms with E-state index in [2.05, 4.69) is 22.4 Å². The van der Waals surface area contributed by atoms with Crippen LogP contribution in [0.3, 0.4) is 0 Å². The Bertz CT molecular complexity index is 481. The molecule has 0 aromatic carbocycles. The fraction of sp³-hybridized carbons (Fsp3) is 0.533. The number of piperidine rings is 1. The first-order valence-electron chi connectivity index (χ1n) is 6.79. The van der Waals surface area contributed by atoms with Crippen LogP contribution in [0.25, 0.3) is 5.57 Å². The summed E-state index contributed by atoms with van der Waals surface area (Å²) in [7, 11) is 0. The second-order valence-corrected chi connectivity index (χ2v) is 5.79.